The summed E-state index contributed by atoms with van der Waals surface area (Å²) >= 11 is 1.75. The third-order valence-corrected chi connectivity index (χ3v) is 22.8. The molecule has 3 aromatic heterocycles. The van der Waals surface area contributed by atoms with Crippen molar-refractivity contribution in [3.8, 4) is 44.5 Å². The van der Waals surface area contributed by atoms with Crippen LogP contribution >= 0.6 is 0 Å². The van der Waals surface area contributed by atoms with Crippen molar-refractivity contribution in [2.24, 2.45) is 0 Å². The average molecular weight is 1440 g/mol. The monoisotopic (exact) mass is 1440 g/mol. The van der Waals surface area contributed by atoms with Gasteiger partial charge < -0.3 is 0 Å². The molecule has 450 valence electrons. The van der Waals surface area contributed by atoms with Crippen LogP contribution in [0.1, 0.15) is 89.9 Å². The van der Waals surface area contributed by atoms with Crippen molar-refractivity contribution in [3.05, 3.63) is 217 Å². The van der Waals surface area contributed by atoms with Crippen molar-refractivity contribution in [2.75, 3.05) is 26.4 Å². The minimum absolute atomic E-state index is 0.346. The Morgan fingerprint density at radius 3 is 0.761 bits per heavy atom. The second-order valence-electron chi connectivity index (χ2n) is 20.2. The number of benzene rings is 4. The zero-order valence-electron chi connectivity index (χ0n) is 49.1. The van der Waals surface area contributed by atoms with Gasteiger partial charge in [-0.15, -0.1) is 0 Å². The summed E-state index contributed by atoms with van der Waals surface area (Å²) in [6.07, 6.45) is 18.9. The van der Waals surface area contributed by atoms with E-state index in [9.17, 15) is 19.2 Å². The average Bonchev–Trinajstić information content (AvgIpc) is 3.15. The Labute approximate surface area is 540 Å². The molecule has 88 heavy (non-hydrogen) atoms. The fourth-order valence-corrected chi connectivity index (χ4v) is 15.3. The van der Waals surface area contributed by atoms with Crippen LogP contribution in [-0.4, -0.2) is 130 Å². The molecule has 0 saturated heterocycles. The molecule has 12 nitrogen and oxygen atoms in total. The Kier molecular flexibility index (Phi) is 24.8. The molecular weight excluding hydrogens is 1360 g/mol. The number of hydrogen-bond acceptors (Lipinski definition) is 10. The fourth-order valence-electron chi connectivity index (χ4n) is 9.82. The van der Waals surface area contributed by atoms with Gasteiger partial charge in [-0.05, 0) is 0 Å². The van der Waals surface area contributed by atoms with Crippen LogP contribution in [0.25, 0.3) is 90.9 Å². The molecule has 0 radical (unpaired) electrons. The molecule has 0 saturated carbocycles. The van der Waals surface area contributed by atoms with Gasteiger partial charge in [-0.2, -0.15) is 0 Å². The maximum atomic E-state index is 13.4. The number of allylic oxidation sites excluding steroid dienone is 4. The van der Waals surface area contributed by atoms with Crippen LogP contribution in [0.4, 0.5) is 0 Å². The number of fused-ring (bicyclic) bond motifs is 8. The molecule has 0 spiro atoms. The van der Waals surface area contributed by atoms with Gasteiger partial charge in [0.2, 0.25) is 0 Å². The molecule has 0 amide bonds. The van der Waals surface area contributed by atoms with Crippen LogP contribution in [0.15, 0.2) is 172 Å². The summed E-state index contributed by atoms with van der Waals surface area (Å²) < 4.78 is 22.8. The van der Waals surface area contributed by atoms with E-state index >= 15 is 0 Å². The molecule has 7 aromatic rings. The number of aromatic nitrogens is 4. The standard InChI is InChI=1S/C72H70N4O8Se4/c1-5-41-85-45-9-37-81-69(77)53-21-13-49(14-22-53)65-57-29-31-59(73-57)66(50-15-23-54(24-16-50)70(78)82-38-10-46-86-42-6-2)61-33-35-63(75-61)68(52-19-27-56(28-20-52)72(80)84-40-12-48-88-44-8-4)64-36-34-62(76-64)67(60-32-30-58(65)74-60)51-17-25-55(26-18-51)71(79)83-39-11-47-87-43-7-3/h5-8,13-36,73,76H,1-4,9-12,37-48H2. The third kappa shape index (κ3) is 17.4. The zero-order chi connectivity index (χ0) is 61.5. The van der Waals surface area contributed by atoms with E-state index in [2.05, 4.69) is 36.3 Å². The summed E-state index contributed by atoms with van der Waals surface area (Å²) in [5.74, 6) is -1.54. The van der Waals surface area contributed by atoms with Gasteiger partial charge in [-0.1, -0.05) is 0 Å². The van der Waals surface area contributed by atoms with Gasteiger partial charge in [0, 0.05) is 0 Å². The first-order valence-corrected chi connectivity index (χ1v) is 38.9. The van der Waals surface area contributed by atoms with E-state index in [0.29, 0.717) is 131 Å². The van der Waals surface area contributed by atoms with Crippen molar-refractivity contribution in [1.82, 2.24) is 19.9 Å². The Morgan fingerprint density at radius 2 is 0.557 bits per heavy atom. The van der Waals surface area contributed by atoms with E-state index in [4.69, 9.17) is 28.9 Å². The summed E-state index contributed by atoms with van der Waals surface area (Å²) in [5, 5.41) is 7.97. The number of carbonyl (C=O) groups is 4. The number of ether oxygens (including phenoxy) is 4. The number of nitrogens with one attached hydrogen (secondary N) is 2. The molecule has 0 aliphatic carbocycles. The van der Waals surface area contributed by atoms with Crippen LogP contribution in [-0.2, 0) is 18.9 Å². The minimum atomic E-state index is -0.385. The summed E-state index contributed by atoms with van der Waals surface area (Å²) in [4.78, 5) is 72.0. The normalized spacial score (nSPS) is 11.5. The second kappa shape index (κ2) is 33.7. The van der Waals surface area contributed by atoms with Crippen molar-refractivity contribution < 1.29 is 38.1 Å². The fraction of sp³-hybridized carbons (Fsp3) is 0.222. The molecule has 16 heteroatoms. The van der Waals surface area contributed by atoms with Gasteiger partial charge in [0.1, 0.15) is 0 Å². The van der Waals surface area contributed by atoms with Gasteiger partial charge in [-0.3, -0.25) is 0 Å². The van der Waals surface area contributed by atoms with Crippen molar-refractivity contribution >= 4 is 130 Å². The second-order valence-corrected chi connectivity index (χ2v) is 29.9. The molecule has 9 rings (SSSR count). The van der Waals surface area contributed by atoms with Crippen LogP contribution in [0.3, 0.4) is 0 Å². The Morgan fingerprint density at radius 1 is 0.341 bits per heavy atom. The van der Waals surface area contributed by atoms with E-state index in [-0.39, 0.29) is 23.9 Å². The van der Waals surface area contributed by atoms with E-state index in [0.717, 1.165) is 135 Å². The summed E-state index contributed by atoms with van der Waals surface area (Å²) in [5.41, 5.74) is 13.7. The Hall–Kier alpha value is -7.60. The van der Waals surface area contributed by atoms with Crippen LogP contribution in [0.5, 0.6) is 0 Å². The third-order valence-electron chi connectivity index (χ3n) is 14.0. The number of nitrogens with zero attached hydrogens (tertiary/aromatic N) is 2. The summed E-state index contributed by atoms with van der Waals surface area (Å²) in [7, 11) is 0. The SMILES string of the molecule is C=CC[Se]CCCOC(=O)c1ccc(-c2c3nc(c(-c4ccc(C(=O)OCCC[Se]CC=C)cc4)c4ccc([nH]4)c(-c4ccc(C(=O)OCCC[Se]CC=C)cc4)c4nc(c(-c5ccc(C(=O)OCCC[Se]CC=C)cc5)c5ccc2[nH]5)C=C4)C=C3)cc1. The van der Waals surface area contributed by atoms with Gasteiger partial charge in [0.15, 0.2) is 0 Å². The predicted octanol–water partition coefficient (Wildman–Crippen LogP) is 16.4. The number of esters is 4. The van der Waals surface area contributed by atoms with Crippen LogP contribution < -0.4 is 0 Å². The Balaban J connectivity index is 1.20. The van der Waals surface area contributed by atoms with Crippen molar-refractivity contribution in [1.29, 1.82) is 0 Å². The van der Waals surface area contributed by atoms with E-state index in [1.165, 1.54) is 0 Å². The van der Waals surface area contributed by atoms with Crippen LogP contribution in [0, 0.1) is 0 Å². The summed E-state index contributed by atoms with van der Waals surface area (Å²) in [6.45, 7) is 16.7. The predicted molar refractivity (Wildman–Crippen MR) is 362 cm³/mol. The molecule has 4 aromatic carbocycles. The van der Waals surface area contributed by atoms with Gasteiger partial charge in [0.05, 0.1) is 0 Å². The molecule has 2 aliphatic heterocycles. The molecule has 0 fully saturated rings. The molecule has 5 heterocycles. The van der Waals surface area contributed by atoms with E-state index < -0.39 is 0 Å². The number of rotatable bonds is 32. The molecule has 2 N–H and O–H groups in total. The van der Waals surface area contributed by atoms with Gasteiger partial charge in [0.25, 0.3) is 0 Å². The number of carbonyl (C=O) groups excluding carboxylic acids is 4. The molecule has 0 atom stereocenters. The quantitative estimate of drug-likeness (QED) is 0.0136. The summed E-state index contributed by atoms with van der Waals surface area (Å²) in [6, 6.07) is 37.8. The maximum absolute atomic E-state index is 13.4. The Bertz CT molecular complexity index is 3380. The molecular formula is C72H70N4O8Se4. The number of H-pyrrole nitrogens is 2. The van der Waals surface area contributed by atoms with Gasteiger partial charge >= 0.3 is 544 Å². The molecule has 8 bridgehead atoms. The van der Waals surface area contributed by atoms with E-state index in [1.807, 2.05) is 121 Å². The van der Waals surface area contributed by atoms with Crippen LogP contribution in [0.2, 0.25) is 42.6 Å². The zero-order valence-corrected chi connectivity index (χ0v) is 56.0. The van der Waals surface area contributed by atoms with Crippen molar-refractivity contribution in [2.45, 2.75) is 68.2 Å². The first-order valence-electron chi connectivity index (χ1n) is 29.2. The topological polar surface area (TPSA) is 163 Å². The van der Waals surface area contributed by atoms with Crippen molar-refractivity contribution in [3.63, 3.8) is 0 Å². The first kappa shape index (κ1) is 64.9. The van der Waals surface area contributed by atoms with Gasteiger partial charge in [-0.25, -0.2) is 0 Å². The molecule has 2 aliphatic rings. The molecule has 0 unspecified atom stereocenters. The number of aromatic amines is 2. The number of hydrogen-bond donors (Lipinski definition) is 2. The van der Waals surface area contributed by atoms with E-state index in [1.54, 1.807) is 48.5 Å². The first-order chi connectivity index (χ1) is 43.2.